The highest BCUT2D eigenvalue weighted by Crippen LogP contribution is 2.40. The van der Waals surface area contributed by atoms with Crippen molar-refractivity contribution in [1.29, 1.82) is 0 Å². The average Bonchev–Trinajstić information content (AvgIpc) is 3.37. The molecule has 0 amide bonds. The number of thiophene rings is 1. The molecule has 5 nitrogen and oxygen atoms in total. The molecule has 182 valence electrons. The zero-order chi connectivity index (χ0) is 23.9. The lowest BCUT2D eigenvalue weighted by Gasteiger charge is -2.30. The van der Waals surface area contributed by atoms with Crippen molar-refractivity contribution in [1.82, 2.24) is 9.97 Å². The second-order valence-electron chi connectivity index (χ2n) is 9.18. The third-order valence-electron chi connectivity index (χ3n) is 6.54. The number of aromatic nitrogens is 2. The SMILES string of the molecule is CC/C=C\C1=C(C)CSC(c2c(C)nc(NCc3cccs3)nc2NC2CCC(CO)CC2)=C1. The number of nitrogens with one attached hydrogen (secondary N) is 2. The van der Waals surface area contributed by atoms with E-state index >= 15 is 0 Å². The van der Waals surface area contributed by atoms with E-state index in [1.54, 1.807) is 11.3 Å². The molecule has 1 fully saturated rings. The first-order valence-corrected chi connectivity index (χ1v) is 14.2. The Balaban J connectivity index is 1.64. The summed E-state index contributed by atoms with van der Waals surface area (Å²) in [7, 11) is 0. The molecule has 2 aromatic heterocycles. The summed E-state index contributed by atoms with van der Waals surface area (Å²) >= 11 is 3.61. The summed E-state index contributed by atoms with van der Waals surface area (Å²) in [6.45, 7) is 7.50. The largest absolute Gasteiger partial charge is 0.396 e. The fourth-order valence-electron chi connectivity index (χ4n) is 4.47. The Kier molecular flexibility index (Phi) is 8.86. The predicted molar refractivity (Wildman–Crippen MR) is 147 cm³/mol. The number of aryl methyl sites for hydroxylation is 1. The Morgan fingerprint density at radius 2 is 2.00 bits per heavy atom. The number of hydrogen-bond acceptors (Lipinski definition) is 7. The Morgan fingerprint density at radius 3 is 2.71 bits per heavy atom. The molecule has 34 heavy (non-hydrogen) atoms. The van der Waals surface area contributed by atoms with Gasteiger partial charge < -0.3 is 15.7 Å². The summed E-state index contributed by atoms with van der Waals surface area (Å²) in [4.78, 5) is 12.3. The average molecular weight is 497 g/mol. The normalized spacial score (nSPS) is 21.1. The fourth-order valence-corrected chi connectivity index (χ4v) is 6.25. The zero-order valence-electron chi connectivity index (χ0n) is 20.4. The van der Waals surface area contributed by atoms with Crippen molar-refractivity contribution in [3.63, 3.8) is 0 Å². The Labute approximate surface area is 211 Å². The molecule has 0 atom stereocenters. The molecule has 3 N–H and O–H groups in total. The van der Waals surface area contributed by atoms with Crippen molar-refractivity contribution in [2.45, 2.75) is 65.5 Å². The maximum Gasteiger partial charge on any atom is 0.225 e. The van der Waals surface area contributed by atoms with Gasteiger partial charge in [-0.2, -0.15) is 4.98 Å². The molecule has 0 unspecified atom stereocenters. The number of allylic oxidation sites excluding steroid dienone is 4. The number of anilines is 2. The third-order valence-corrected chi connectivity index (χ3v) is 8.63. The van der Waals surface area contributed by atoms with Gasteiger partial charge in [-0.25, -0.2) is 4.98 Å². The lowest BCUT2D eigenvalue weighted by molar-refractivity contribution is 0.185. The summed E-state index contributed by atoms with van der Waals surface area (Å²) in [5, 5.41) is 18.8. The third kappa shape index (κ3) is 6.32. The predicted octanol–water partition coefficient (Wildman–Crippen LogP) is 6.79. The van der Waals surface area contributed by atoms with E-state index in [2.05, 4.69) is 67.1 Å². The highest BCUT2D eigenvalue weighted by molar-refractivity contribution is 8.08. The fraction of sp³-hybridized carbons (Fsp3) is 0.481. The minimum atomic E-state index is 0.296. The van der Waals surface area contributed by atoms with Crippen molar-refractivity contribution in [2.24, 2.45) is 5.92 Å². The maximum atomic E-state index is 9.53. The summed E-state index contributed by atoms with van der Waals surface area (Å²) < 4.78 is 0. The molecule has 0 spiro atoms. The second-order valence-corrected chi connectivity index (χ2v) is 11.2. The van der Waals surface area contributed by atoms with E-state index in [1.807, 2.05) is 11.8 Å². The first kappa shape index (κ1) is 25.0. The van der Waals surface area contributed by atoms with Crippen LogP contribution in [0.25, 0.3) is 4.91 Å². The van der Waals surface area contributed by atoms with E-state index in [-0.39, 0.29) is 0 Å². The van der Waals surface area contributed by atoms with Gasteiger partial charge in [-0.3, -0.25) is 0 Å². The van der Waals surface area contributed by atoms with E-state index < -0.39 is 0 Å². The van der Waals surface area contributed by atoms with Crippen LogP contribution in [0.15, 0.2) is 46.9 Å². The van der Waals surface area contributed by atoms with Gasteiger partial charge in [-0.1, -0.05) is 30.7 Å². The molecule has 0 bridgehead atoms. The first-order chi connectivity index (χ1) is 16.6. The van der Waals surface area contributed by atoms with Crippen LogP contribution in [0.5, 0.6) is 0 Å². The molecule has 0 radical (unpaired) electrons. The highest BCUT2D eigenvalue weighted by atomic mass is 32.2. The monoisotopic (exact) mass is 496 g/mol. The molecule has 2 aliphatic rings. The maximum absolute atomic E-state index is 9.53. The van der Waals surface area contributed by atoms with Gasteiger partial charge in [-0.05, 0) is 75.0 Å². The summed E-state index contributed by atoms with van der Waals surface area (Å²) in [6, 6.07) is 4.56. The van der Waals surface area contributed by atoms with Gasteiger partial charge in [0, 0.05) is 28.2 Å². The van der Waals surface area contributed by atoms with Crippen molar-refractivity contribution in [3.05, 3.63) is 63.0 Å². The molecule has 1 aliphatic carbocycles. The van der Waals surface area contributed by atoms with Crippen LogP contribution in [-0.4, -0.2) is 33.5 Å². The molecular weight excluding hydrogens is 460 g/mol. The van der Waals surface area contributed by atoms with Gasteiger partial charge >= 0.3 is 0 Å². The van der Waals surface area contributed by atoms with Crippen molar-refractivity contribution >= 4 is 39.8 Å². The van der Waals surface area contributed by atoms with Gasteiger partial charge in [-0.15, -0.1) is 23.1 Å². The first-order valence-electron chi connectivity index (χ1n) is 12.3. The topological polar surface area (TPSA) is 70.1 Å². The van der Waals surface area contributed by atoms with Gasteiger partial charge in [0.25, 0.3) is 0 Å². The van der Waals surface area contributed by atoms with Crippen LogP contribution in [0.3, 0.4) is 0 Å². The van der Waals surface area contributed by atoms with Crippen LogP contribution >= 0.6 is 23.1 Å². The van der Waals surface area contributed by atoms with E-state index in [4.69, 9.17) is 9.97 Å². The van der Waals surface area contributed by atoms with Gasteiger partial charge in [0.2, 0.25) is 5.95 Å². The number of nitrogens with zero attached hydrogens (tertiary/aromatic N) is 2. The Morgan fingerprint density at radius 1 is 1.18 bits per heavy atom. The quantitative estimate of drug-likeness (QED) is 0.355. The van der Waals surface area contributed by atoms with Crippen LogP contribution in [0.2, 0.25) is 0 Å². The molecule has 1 saturated carbocycles. The highest BCUT2D eigenvalue weighted by Gasteiger charge is 2.25. The molecule has 0 aromatic carbocycles. The van der Waals surface area contributed by atoms with Crippen LogP contribution < -0.4 is 10.6 Å². The molecule has 4 rings (SSSR count). The summed E-state index contributed by atoms with van der Waals surface area (Å²) in [5.41, 5.74) is 4.81. The molecule has 1 aliphatic heterocycles. The number of rotatable bonds is 9. The van der Waals surface area contributed by atoms with Crippen molar-refractivity contribution in [2.75, 3.05) is 23.0 Å². The molecule has 7 heteroatoms. The van der Waals surface area contributed by atoms with Crippen molar-refractivity contribution < 1.29 is 5.11 Å². The van der Waals surface area contributed by atoms with Crippen LogP contribution in [-0.2, 0) is 6.54 Å². The second kappa shape index (κ2) is 12.0. The summed E-state index contributed by atoms with van der Waals surface area (Å²) in [5.74, 6) is 3.00. The molecule has 2 aromatic rings. The van der Waals surface area contributed by atoms with Crippen LogP contribution in [0.4, 0.5) is 11.8 Å². The van der Waals surface area contributed by atoms with E-state index in [0.29, 0.717) is 24.5 Å². The molecular formula is C27H36N4OS2. The molecule has 0 saturated heterocycles. The standard InChI is InChI=1S/C27H36N4OS2/c1-4-5-7-21-14-24(34-17-18(21)2)25-19(3)29-27(28-15-23-8-6-13-33-23)31-26(25)30-22-11-9-20(16-32)10-12-22/h5-8,13-14,20,22,32H,4,9-12,15-17H2,1-3H3,(H2,28,29,30,31)/b7-5-. The van der Waals surface area contributed by atoms with E-state index in [1.165, 1.54) is 20.9 Å². The van der Waals surface area contributed by atoms with Gasteiger partial charge in [0.05, 0.1) is 17.8 Å². The van der Waals surface area contributed by atoms with Crippen LogP contribution in [0, 0.1) is 12.8 Å². The zero-order valence-corrected chi connectivity index (χ0v) is 22.1. The molecule has 3 heterocycles. The lowest BCUT2D eigenvalue weighted by atomic mass is 9.86. The van der Waals surface area contributed by atoms with Gasteiger partial charge in [0.15, 0.2) is 0 Å². The van der Waals surface area contributed by atoms with Crippen molar-refractivity contribution in [3.8, 4) is 0 Å². The minimum absolute atomic E-state index is 0.296. The number of thioether (sulfide) groups is 1. The van der Waals surface area contributed by atoms with E-state index in [9.17, 15) is 5.11 Å². The van der Waals surface area contributed by atoms with E-state index in [0.717, 1.165) is 61.5 Å². The number of aliphatic hydroxyl groups is 1. The van der Waals surface area contributed by atoms with Gasteiger partial charge in [0.1, 0.15) is 5.82 Å². The number of aliphatic hydroxyl groups excluding tert-OH is 1. The Bertz CT molecular complexity index is 1050. The summed E-state index contributed by atoms with van der Waals surface area (Å²) in [6.07, 6.45) is 12.0. The van der Waals surface area contributed by atoms with Crippen LogP contribution in [0.1, 0.15) is 62.1 Å². The minimum Gasteiger partial charge on any atom is -0.396 e. The number of hydrogen-bond donors (Lipinski definition) is 3. The Hall–Kier alpha value is -2.09. The smallest absolute Gasteiger partial charge is 0.225 e. The lowest BCUT2D eigenvalue weighted by Crippen LogP contribution is -2.28.